The number of hydrogen-bond acceptors (Lipinski definition) is 1. The van der Waals surface area contributed by atoms with Gasteiger partial charge >= 0.3 is 0 Å². The molecule has 1 aromatic carbocycles. The molecule has 0 saturated heterocycles. The number of Topliss-reactive ketones (excluding diaryl/α,β-unsaturated/α-hetero) is 1. The molecule has 92 valence electrons. The third-order valence-corrected chi connectivity index (χ3v) is 4.37. The number of fused-ring (bicyclic) bond motifs is 1. The molecule has 1 aliphatic carbocycles. The first-order valence-electron chi connectivity index (χ1n) is 6.63. The number of ketones is 1. The molecule has 0 amide bonds. The molecule has 1 heteroatoms. The summed E-state index contributed by atoms with van der Waals surface area (Å²) in [7, 11) is 0. The minimum atomic E-state index is -0.269. The number of carbonyl (C=O) groups excluding carboxylic acids is 1. The monoisotopic (exact) mass is 230 g/mol. The average Bonchev–Trinajstić information content (AvgIpc) is 2.28. The first-order chi connectivity index (χ1) is 8.01. The van der Waals surface area contributed by atoms with E-state index in [1.807, 2.05) is 0 Å². The predicted octanol–water partition coefficient (Wildman–Crippen LogP) is 3.75. The fraction of sp³-hybridized carbons (Fsp3) is 0.562. The quantitative estimate of drug-likeness (QED) is 0.756. The Hall–Kier alpha value is -1.11. The Morgan fingerprint density at radius 3 is 2.18 bits per heavy atom. The molecule has 0 fully saturated rings. The second-order valence-corrected chi connectivity index (χ2v) is 5.76. The smallest absolute Gasteiger partial charge is 0.144 e. The fourth-order valence-corrected chi connectivity index (χ4v) is 3.68. The highest BCUT2D eigenvalue weighted by molar-refractivity contribution is 5.93. The van der Waals surface area contributed by atoms with Crippen molar-refractivity contribution in [1.82, 2.24) is 0 Å². The summed E-state index contributed by atoms with van der Waals surface area (Å²) in [5.74, 6) is 1.15. The Morgan fingerprint density at radius 2 is 1.59 bits per heavy atom. The molecule has 1 aromatic rings. The number of carbonyl (C=O) groups is 1. The van der Waals surface area contributed by atoms with E-state index in [1.54, 1.807) is 0 Å². The Labute approximate surface area is 104 Å². The van der Waals surface area contributed by atoms with Crippen LogP contribution >= 0.6 is 0 Å². The van der Waals surface area contributed by atoms with Crippen LogP contribution in [-0.4, -0.2) is 5.78 Å². The van der Waals surface area contributed by atoms with E-state index >= 15 is 0 Å². The SMILES string of the molecule is CC(C)C1(C(C)C)C(=O)CCc2ccccc21. The van der Waals surface area contributed by atoms with Gasteiger partial charge in [0.05, 0.1) is 5.41 Å². The van der Waals surface area contributed by atoms with Gasteiger partial charge in [0.2, 0.25) is 0 Å². The minimum absolute atomic E-state index is 0.269. The average molecular weight is 230 g/mol. The molecule has 0 heterocycles. The summed E-state index contributed by atoms with van der Waals surface area (Å²) in [4.78, 5) is 12.6. The van der Waals surface area contributed by atoms with Crippen molar-refractivity contribution < 1.29 is 4.79 Å². The van der Waals surface area contributed by atoms with Gasteiger partial charge in [-0.1, -0.05) is 52.0 Å². The fourth-order valence-electron chi connectivity index (χ4n) is 3.68. The van der Waals surface area contributed by atoms with Crippen LogP contribution in [0.3, 0.4) is 0 Å². The third kappa shape index (κ3) is 1.64. The zero-order valence-corrected chi connectivity index (χ0v) is 11.3. The molecule has 0 N–H and O–H groups in total. The lowest BCUT2D eigenvalue weighted by molar-refractivity contribution is -0.129. The van der Waals surface area contributed by atoms with Gasteiger partial charge in [0.25, 0.3) is 0 Å². The van der Waals surface area contributed by atoms with Gasteiger partial charge in [0, 0.05) is 6.42 Å². The largest absolute Gasteiger partial charge is 0.299 e. The molecule has 0 aromatic heterocycles. The van der Waals surface area contributed by atoms with Crippen molar-refractivity contribution in [1.29, 1.82) is 0 Å². The maximum absolute atomic E-state index is 12.6. The van der Waals surface area contributed by atoms with E-state index in [0.29, 0.717) is 24.0 Å². The molecule has 0 aliphatic heterocycles. The zero-order chi connectivity index (χ0) is 12.6. The van der Waals surface area contributed by atoms with E-state index in [2.05, 4.69) is 52.0 Å². The van der Waals surface area contributed by atoms with Gasteiger partial charge in [-0.15, -0.1) is 0 Å². The van der Waals surface area contributed by atoms with Crippen molar-refractivity contribution >= 4 is 5.78 Å². The van der Waals surface area contributed by atoms with Crippen molar-refractivity contribution in [3.8, 4) is 0 Å². The molecular weight excluding hydrogens is 208 g/mol. The Balaban J connectivity index is 2.69. The van der Waals surface area contributed by atoms with Crippen LogP contribution in [0.25, 0.3) is 0 Å². The first kappa shape index (κ1) is 12.3. The van der Waals surface area contributed by atoms with Crippen LogP contribution in [0.1, 0.15) is 45.2 Å². The van der Waals surface area contributed by atoms with E-state index in [0.717, 1.165) is 6.42 Å². The molecule has 0 spiro atoms. The Kier molecular flexibility index (Phi) is 3.11. The van der Waals surface area contributed by atoms with Gasteiger partial charge in [0.1, 0.15) is 5.78 Å². The highest BCUT2D eigenvalue weighted by Crippen LogP contribution is 2.45. The second-order valence-electron chi connectivity index (χ2n) is 5.76. The minimum Gasteiger partial charge on any atom is -0.299 e. The lowest BCUT2D eigenvalue weighted by atomic mass is 9.57. The van der Waals surface area contributed by atoms with Gasteiger partial charge in [0.15, 0.2) is 0 Å². The molecule has 0 unspecified atom stereocenters. The van der Waals surface area contributed by atoms with Gasteiger partial charge in [-0.2, -0.15) is 0 Å². The Bertz CT molecular complexity index is 421. The van der Waals surface area contributed by atoms with Gasteiger partial charge in [-0.25, -0.2) is 0 Å². The van der Waals surface area contributed by atoms with E-state index in [1.165, 1.54) is 11.1 Å². The molecule has 17 heavy (non-hydrogen) atoms. The van der Waals surface area contributed by atoms with Crippen molar-refractivity contribution in [3.63, 3.8) is 0 Å². The van der Waals surface area contributed by atoms with Crippen LogP contribution in [0.2, 0.25) is 0 Å². The number of benzene rings is 1. The summed E-state index contributed by atoms with van der Waals surface area (Å²) in [5.41, 5.74) is 2.38. The van der Waals surface area contributed by atoms with Gasteiger partial charge in [-0.3, -0.25) is 4.79 Å². The maximum atomic E-state index is 12.6. The summed E-state index contributed by atoms with van der Waals surface area (Å²) >= 11 is 0. The molecule has 1 nitrogen and oxygen atoms in total. The van der Waals surface area contributed by atoms with Crippen molar-refractivity contribution in [2.45, 2.75) is 46.0 Å². The highest BCUT2D eigenvalue weighted by Gasteiger charge is 2.47. The summed E-state index contributed by atoms with van der Waals surface area (Å²) < 4.78 is 0. The normalized spacial score (nSPS) is 18.6. The van der Waals surface area contributed by atoms with Crippen LogP contribution in [-0.2, 0) is 16.6 Å². The zero-order valence-electron chi connectivity index (χ0n) is 11.3. The number of aryl methyl sites for hydroxylation is 1. The lowest BCUT2D eigenvalue weighted by Gasteiger charge is -2.44. The number of rotatable bonds is 2. The van der Waals surface area contributed by atoms with E-state index < -0.39 is 0 Å². The highest BCUT2D eigenvalue weighted by atomic mass is 16.1. The summed E-state index contributed by atoms with van der Waals surface area (Å²) in [5, 5.41) is 0. The Morgan fingerprint density at radius 1 is 1.00 bits per heavy atom. The molecule has 2 rings (SSSR count). The van der Waals surface area contributed by atoms with Gasteiger partial charge in [-0.05, 0) is 29.4 Å². The first-order valence-corrected chi connectivity index (χ1v) is 6.63. The topological polar surface area (TPSA) is 17.1 Å². The third-order valence-electron chi connectivity index (χ3n) is 4.37. The van der Waals surface area contributed by atoms with E-state index in [4.69, 9.17) is 0 Å². The molecule has 0 bridgehead atoms. The summed E-state index contributed by atoms with van der Waals surface area (Å²) in [6, 6.07) is 8.49. The summed E-state index contributed by atoms with van der Waals surface area (Å²) in [6.45, 7) is 8.72. The molecule has 1 aliphatic rings. The van der Waals surface area contributed by atoms with Gasteiger partial charge < -0.3 is 0 Å². The predicted molar refractivity (Wildman–Crippen MR) is 71.1 cm³/mol. The van der Waals surface area contributed by atoms with Crippen LogP contribution < -0.4 is 0 Å². The molecule has 0 radical (unpaired) electrons. The summed E-state index contributed by atoms with van der Waals surface area (Å²) in [6.07, 6.45) is 1.61. The standard InChI is InChI=1S/C16H22O/c1-11(2)16(12(3)4)14-8-6-5-7-13(14)9-10-15(16)17/h5-8,11-12H,9-10H2,1-4H3. The molecule has 0 atom stereocenters. The molecule has 0 saturated carbocycles. The van der Waals surface area contributed by atoms with Crippen molar-refractivity contribution in [2.24, 2.45) is 11.8 Å². The number of hydrogen-bond donors (Lipinski definition) is 0. The van der Waals surface area contributed by atoms with E-state index in [-0.39, 0.29) is 5.41 Å². The van der Waals surface area contributed by atoms with Crippen LogP contribution in [0.15, 0.2) is 24.3 Å². The maximum Gasteiger partial charge on any atom is 0.144 e. The molecular formula is C16H22O. The second kappa shape index (κ2) is 4.29. The van der Waals surface area contributed by atoms with Crippen LogP contribution in [0.5, 0.6) is 0 Å². The van der Waals surface area contributed by atoms with Crippen LogP contribution in [0.4, 0.5) is 0 Å². The van der Waals surface area contributed by atoms with Crippen molar-refractivity contribution in [2.75, 3.05) is 0 Å². The van der Waals surface area contributed by atoms with E-state index in [9.17, 15) is 4.79 Å². The lowest BCUT2D eigenvalue weighted by Crippen LogP contribution is -2.48. The van der Waals surface area contributed by atoms with Crippen molar-refractivity contribution in [3.05, 3.63) is 35.4 Å². The van der Waals surface area contributed by atoms with Crippen LogP contribution in [0, 0.1) is 11.8 Å².